The lowest BCUT2D eigenvalue weighted by atomic mass is 10.2. The fraction of sp³-hybridized carbons (Fsp3) is 0.400. The molecule has 1 amide bonds. The summed E-state index contributed by atoms with van der Waals surface area (Å²) in [6.07, 6.45) is 2.14. The number of carbonyl (C=O) groups excluding carboxylic acids is 1. The number of rotatable bonds is 2. The predicted molar refractivity (Wildman–Crippen MR) is 58.1 cm³/mol. The van der Waals surface area contributed by atoms with Crippen molar-refractivity contribution in [3.8, 4) is 0 Å². The second-order valence-corrected chi connectivity index (χ2v) is 3.72. The fourth-order valence-corrected chi connectivity index (χ4v) is 1.66. The van der Waals surface area contributed by atoms with E-state index in [2.05, 4.69) is 9.97 Å². The summed E-state index contributed by atoms with van der Waals surface area (Å²) in [6, 6.07) is -1.03. The molecule has 0 aliphatic carbocycles. The molecule has 1 saturated heterocycles. The number of hydrogen-bond acceptors (Lipinski definition) is 5. The van der Waals surface area contributed by atoms with E-state index in [1.807, 2.05) is 0 Å². The molecule has 0 saturated carbocycles. The second-order valence-electron chi connectivity index (χ2n) is 3.72. The van der Waals surface area contributed by atoms with Crippen LogP contribution in [-0.4, -0.2) is 57.7 Å². The quantitative estimate of drug-likeness (QED) is 0.677. The number of amides is 1. The van der Waals surface area contributed by atoms with E-state index < -0.39 is 23.5 Å². The minimum atomic E-state index is -1.13. The summed E-state index contributed by atoms with van der Waals surface area (Å²) in [7, 11) is 0. The third-order valence-electron chi connectivity index (χ3n) is 2.57. The van der Waals surface area contributed by atoms with Gasteiger partial charge in [-0.15, -0.1) is 0 Å². The van der Waals surface area contributed by atoms with Crippen molar-refractivity contribution in [2.75, 3.05) is 19.8 Å². The monoisotopic (exact) mass is 253 g/mol. The summed E-state index contributed by atoms with van der Waals surface area (Å²) >= 11 is 0. The summed E-state index contributed by atoms with van der Waals surface area (Å²) in [4.78, 5) is 41.1. The molecule has 18 heavy (non-hydrogen) atoms. The molecule has 1 aromatic rings. The number of nitrogens with zero attached hydrogens (tertiary/aromatic N) is 2. The van der Waals surface area contributed by atoms with Gasteiger partial charge in [0, 0.05) is 12.7 Å². The van der Waals surface area contributed by atoms with E-state index in [4.69, 9.17) is 9.84 Å². The molecule has 0 aromatic carbocycles. The van der Waals surface area contributed by atoms with Gasteiger partial charge in [0.15, 0.2) is 6.04 Å². The highest BCUT2D eigenvalue weighted by Crippen LogP contribution is 2.10. The van der Waals surface area contributed by atoms with Crippen LogP contribution in [0.1, 0.15) is 10.5 Å². The molecule has 2 rings (SSSR count). The first-order valence-electron chi connectivity index (χ1n) is 5.26. The molecule has 8 nitrogen and oxygen atoms in total. The molecule has 1 unspecified atom stereocenters. The molecule has 1 aromatic heterocycles. The number of carboxylic acids is 1. The largest absolute Gasteiger partial charge is 0.480 e. The molecule has 0 bridgehead atoms. The fourth-order valence-electron chi connectivity index (χ4n) is 1.66. The maximum Gasteiger partial charge on any atom is 0.328 e. The lowest BCUT2D eigenvalue weighted by Crippen LogP contribution is -2.52. The van der Waals surface area contributed by atoms with Gasteiger partial charge in [-0.1, -0.05) is 0 Å². The Morgan fingerprint density at radius 1 is 1.56 bits per heavy atom. The maximum absolute atomic E-state index is 12.0. The van der Waals surface area contributed by atoms with E-state index in [0.717, 1.165) is 6.20 Å². The van der Waals surface area contributed by atoms with Gasteiger partial charge in [0.1, 0.15) is 5.69 Å². The number of aromatic amines is 1. The van der Waals surface area contributed by atoms with Gasteiger partial charge >= 0.3 is 5.97 Å². The highest BCUT2D eigenvalue weighted by Gasteiger charge is 2.33. The van der Waals surface area contributed by atoms with Crippen LogP contribution in [0, 0.1) is 0 Å². The molecule has 1 fully saturated rings. The average Bonchev–Trinajstić information content (AvgIpc) is 2.39. The minimum absolute atomic E-state index is 0.00255. The number of ether oxygens (including phenoxy) is 1. The third kappa shape index (κ3) is 2.38. The smallest absolute Gasteiger partial charge is 0.328 e. The standard InChI is InChI=1S/C10H11N3O5/c14-8-4-11-6(3-12-8)9(15)13-1-2-18-5-7(13)10(16)17/h3-4,7H,1-2,5H2,(H,12,14)(H,16,17). The zero-order valence-corrected chi connectivity index (χ0v) is 9.33. The van der Waals surface area contributed by atoms with E-state index in [1.165, 1.54) is 11.1 Å². The van der Waals surface area contributed by atoms with Crippen molar-refractivity contribution in [2.45, 2.75) is 6.04 Å². The van der Waals surface area contributed by atoms with E-state index in [-0.39, 0.29) is 25.5 Å². The Morgan fingerprint density at radius 3 is 2.94 bits per heavy atom. The molecule has 2 heterocycles. The van der Waals surface area contributed by atoms with Gasteiger partial charge in [0.25, 0.3) is 11.5 Å². The number of hydrogen-bond donors (Lipinski definition) is 2. The molecule has 1 aliphatic heterocycles. The normalized spacial score (nSPS) is 19.6. The van der Waals surface area contributed by atoms with E-state index in [0.29, 0.717) is 0 Å². The molecule has 8 heteroatoms. The second kappa shape index (κ2) is 4.96. The lowest BCUT2D eigenvalue weighted by Gasteiger charge is -2.32. The molecule has 1 atom stereocenters. The zero-order chi connectivity index (χ0) is 13.1. The van der Waals surface area contributed by atoms with Crippen molar-refractivity contribution in [1.29, 1.82) is 0 Å². The van der Waals surface area contributed by atoms with Crippen LogP contribution < -0.4 is 5.56 Å². The van der Waals surface area contributed by atoms with Gasteiger partial charge in [-0.05, 0) is 0 Å². The number of carboxylic acid groups (broad SMARTS) is 1. The number of aliphatic carboxylic acids is 1. The van der Waals surface area contributed by atoms with Crippen LogP contribution in [0.25, 0.3) is 0 Å². The predicted octanol–water partition coefficient (Wildman–Crippen LogP) is -1.30. The van der Waals surface area contributed by atoms with Crippen LogP contribution >= 0.6 is 0 Å². The number of nitrogens with one attached hydrogen (secondary N) is 1. The average molecular weight is 253 g/mol. The van der Waals surface area contributed by atoms with Crippen LogP contribution in [0.4, 0.5) is 0 Å². The molecule has 0 radical (unpaired) electrons. The van der Waals surface area contributed by atoms with Gasteiger partial charge in [-0.2, -0.15) is 0 Å². The highest BCUT2D eigenvalue weighted by molar-refractivity contribution is 5.94. The molecule has 2 N–H and O–H groups in total. The molecule has 96 valence electrons. The summed E-state index contributed by atoms with van der Waals surface area (Å²) in [5, 5.41) is 9.00. The van der Waals surface area contributed by atoms with E-state index >= 15 is 0 Å². The van der Waals surface area contributed by atoms with Crippen molar-refractivity contribution < 1.29 is 19.4 Å². The Labute approximate surface area is 101 Å². The van der Waals surface area contributed by atoms with E-state index in [9.17, 15) is 14.4 Å². The first-order chi connectivity index (χ1) is 8.59. The molecule has 0 spiro atoms. The topological polar surface area (TPSA) is 113 Å². The number of H-pyrrole nitrogens is 1. The van der Waals surface area contributed by atoms with Crippen molar-refractivity contribution in [3.63, 3.8) is 0 Å². The van der Waals surface area contributed by atoms with Gasteiger partial charge in [-0.3, -0.25) is 9.59 Å². The van der Waals surface area contributed by atoms with Crippen molar-refractivity contribution in [1.82, 2.24) is 14.9 Å². The van der Waals surface area contributed by atoms with Crippen LogP contribution in [0.5, 0.6) is 0 Å². The SMILES string of the molecule is O=C(O)C1COCCN1C(=O)c1c[nH]c(=O)cn1. The summed E-state index contributed by atoms with van der Waals surface area (Å²) in [5.74, 6) is -1.67. The maximum atomic E-state index is 12.0. The molecular formula is C10H11N3O5. The molecular weight excluding hydrogens is 242 g/mol. The Balaban J connectivity index is 2.23. The number of carbonyl (C=O) groups is 2. The van der Waals surface area contributed by atoms with Crippen LogP contribution in [0.3, 0.4) is 0 Å². The Kier molecular flexibility index (Phi) is 3.38. The molecule has 1 aliphatic rings. The van der Waals surface area contributed by atoms with Gasteiger partial charge in [0.2, 0.25) is 0 Å². The Morgan fingerprint density at radius 2 is 2.33 bits per heavy atom. The van der Waals surface area contributed by atoms with Gasteiger partial charge in [-0.25, -0.2) is 9.78 Å². The lowest BCUT2D eigenvalue weighted by molar-refractivity contribution is -0.147. The first-order valence-corrected chi connectivity index (χ1v) is 5.26. The van der Waals surface area contributed by atoms with Crippen LogP contribution in [0.15, 0.2) is 17.2 Å². The highest BCUT2D eigenvalue weighted by atomic mass is 16.5. The Hall–Kier alpha value is -2.22. The van der Waals surface area contributed by atoms with Crippen LogP contribution in [-0.2, 0) is 9.53 Å². The van der Waals surface area contributed by atoms with Gasteiger partial charge in [0.05, 0.1) is 19.4 Å². The van der Waals surface area contributed by atoms with E-state index in [1.54, 1.807) is 0 Å². The first kappa shape index (κ1) is 12.2. The van der Waals surface area contributed by atoms with Crippen molar-refractivity contribution >= 4 is 11.9 Å². The van der Waals surface area contributed by atoms with Crippen molar-refractivity contribution in [2.24, 2.45) is 0 Å². The third-order valence-corrected chi connectivity index (χ3v) is 2.57. The zero-order valence-electron chi connectivity index (χ0n) is 9.33. The summed E-state index contributed by atoms with van der Waals surface area (Å²) in [6.45, 7) is 0.403. The summed E-state index contributed by atoms with van der Waals surface area (Å²) in [5.41, 5.74) is -0.425. The summed E-state index contributed by atoms with van der Waals surface area (Å²) < 4.78 is 5.03. The Bertz CT molecular complexity index is 506. The number of aromatic nitrogens is 2. The van der Waals surface area contributed by atoms with Crippen LogP contribution in [0.2, 0.25) is 0 Å². The number of morpholine rings is 1. The van der Waals surface area contributed by atoms with Gasteiger partial charge < -0.3 is 19.7 Å². The van der Waals surface area contributed by atoms with Crippen molar-refractivity contribution in [3.05, 3.63) is 28.4 Å². The minimum Gasteiger partial charge on any atom is -0.480 e.